The molecule has 0 bridgehead atoms. The molecular formula is C22H32N4O5. The smallest absolute Gasteiger partial charge is 0.322 e. The molecule has 5 N–H and O–H groups in total. The molecule has 1 heterocycles. The van der Waals surface area contributed by atoms with Crippen molar-refractivity contribution in [3.05, 3.63) is 35.9 Å². The molecule has 1 aliphatic heterocycles. The second-order valence-electron chi connectivity index (χ2n) is 7.96. The first kappa shape index (κ1) is 24.3. The Kier molecular flexibility index (Phi) is 8.99. The number of carboxylic acids is 1. The lowest BCUT2D eigenvalue weighted by atomic mass is 9.98. The lowest BCUT2D eigenvalue weighted by Gasteiger charge is -2.30. The zero-order valence-electron chi connectivity index (χ0n) is 18.0. The van der Waals surface area contributed by atoms with Gasteiger partial charge in [0, 0.05) is 13.0 Å². The maximum atomic E-state index is 13.0. The predicted molar refractivity (Wildman–Crippen MR) is 115 cm³/mol. The number of carbonyl (C=O) groups is 4. The lowest BCUT2D eigenvalue weighted by Crippen LogP contribution is -2.56. The number of amides is 3. The summed E-state index contributed by atoms with van der Waals surface area (Å²) in [5.41, 5.74) is 6.91. The number of hydrogen-bond acceptors (Lipinski definition) is 5. The Morgan fingerprint density at radius 3 is 2.52 bits per heavy atom. The van der Waals surface area contributed by atoms with Gasteiger partial charge in [-0.15, -0.1) is 0 Å². The number of benzene rings is 1. The van der Waals surface area contributed by atoms with Gasteiger partial charge in [0.15, 0.2) is 0 Å². The summed E-state index contributed by atoms with van der Waals surface area (Å²) in [5, 5.41) is 13.9. The second kappa shape index (κ2) is 11.5. The van der Waals surface area contributed by atoms with Crippen LogP contribution in [0.1, 0.15) is 38.7 Å². The van der Waals surface area contributed by atoms with Gasteiger partial charge >= 0.3 is 5.97 Å². The predicted octanol–water partition coefficient (Wildman–Crippen LogP) is 0.279. The molecule has 31 heavy (non-hydrogen) atoms. The average Bonchev–Trinajstić information content (AvgIpc) is 3.26. The Morgan fingerprint density at radius 2 is 1.90 bits per heavy atom. The third-order valence-corrected chi connectivity index (χ3v) is 5.71. The van der Waals surface area contributed by atoms with Gasteiger partial charge in [-0.1, -0.05) is 50.6 Å². The zero-order chi connectivity index (χ0) is 23.0. The summed E-state index contributed by atoms with van der Waals surface area (Å²) in [7, 11) is 0. The van der Waals surface area contributed by atoms with Crippen LogP contribution >= 0.6 is 0 Å². The van der Waals surface area contributed by atoms with E-state index in [-0.39, 0.29) is 18.2 Å². The Balaban J connectivity index is 2.12. The summed E-state index contributed by atoms with van der Waals surface area (Å²) in [5.74, 6) is -2.48. The van der Waals surface area contributed by atoms with Crippen LogP contribution in [0.25, 0.3) is 0 Å². The van der Waals surface area contributed by atoms with Crippen molar-refractivity contribution in [2.75, 3.05) is 13.1 Å². The van der Waals surface area contributed by atoms with Gasteiger partial charge in [0.05, 0.1) is 6.04 Å². The van der Waals surface area contributed by atoms with Crippen LogP contribution in [0.3, 0.4) is 0 Å². The first-order valence-electron chi connectivity index (χ1n) is 10.6. The minimum Gasteiger partial charge on any atom is -0.480 e. The highest BCUT2D eigenvalue weighted by Crippen LogP contribution is 2.21. The van der Waals surface area contributed by atoms with Crippen molar-refractivity contribution in [1.29, 1.82) is 0 Å². The Bertz CT molecular complexity index is 785. The van der Waals surface area contributed by atoms with Gasteiger partial charge in [0.25, 0.3) is 0 Å². The molecular weight excluding hydrogens is 400 g/mol. The first-order chi connectivity index (χ1) is 14.7. The molecule has 1 fully saturated rings. The van der Waals surface area contributed by atoms with Crippen LogP contribution < -0.4 is 16.4 Å². The molecule has 170 valence electrons. The molecule has 4 atom stereocenters. The fraction of sp³-hybridized carbons (Fsp3) is 0.545. The number of carboxylic acid groups (broad SMARTS) is 1. The summed E-state index contributed by atoms with van der Waals surface area (Å²) in [6, 6.07) is 6.76. The third-order valence-electron chi connectivity index (χ3n) is 5.71. The molecule has 1 aliphatic rings. The minimum absolute atomic E-state index is 0.00978. The number of nitrogens with two attached hydrogens (primary N) is 1. The lowest BCUT2D eigenvalue weighted by molar-refractivity contribution is -0.141. The van der Waals surface area contributed by atoms with Crippen molar-refractivity contribution in [1.82, 2.24) is 15.5 Å². The van der Waals surface area contributed by atoms with Crippen LogP contribution in [-0.4, -0.2) is 64.9 Å². The van der Waals surface area contributed by atoms with Crippen molar-refractivity contribution in [2.24, 2.45) is 11.7 Å². The molecule has 9 heteroatoms. The summed E-state index contributed by atoms with van der Waals surface area (Å²) < 4.78 is 0. The Morgan fingerprint density at radius 1 is 1.23 bits per heavy atom. The number of aliphatic carboxylic acids is 1. The number of hydrogen-bond donors (Lipinski definition) is 4. The highest BCUT2D eigenvalue weighted by atomic mass is 16.4. The van der Waals surface area contributed by atoms with Crippen LogP contribution in [0.5, 0.6) is 0 Å². The SMILES string of the molecule is CCC(C)C(N)C(=O)N1CCCC1C(=O)NC(Cc1ccccc1)C(=O)NCC(=O)O. The van der Waals surface area contributed by atoms with Crippen LogP contribution in [0.15, 0.2) is 30.3 Å². The molecule has 0 aliphatic carbocycles. The van der Waals surface area contributed by atoms with Crippen molar-refractivity contribution >= 4 is 23.7 Å². The monoisotopic (exact) mass is 432 g/mol. The maximum absolute atomic E-state index is 13.0. The van der Waals surface area contributed by atoms with E-state index in [1.165, 1.54) is 4.90 Å². The Hall–Kier alpha value is -2.94. The highest BCUT2D eigenvalue weighted by molar-refractivity contribution is 5.94. The summed E-state index contributed by atoms with van der Waals surface area (Å²) >= 11 is 0. The Labute approximate surface area is 182 Å². The molecule has 3 amide bonds. The summed E-state index contributed by atoms with van der Waals surface area (Å²) in [6.45, 7) is 3.75. The molecule has 4 unspecified atom stereocenters. The molecule has 2 rings (SSSR count). The maximum Gasteiger partial charge on any atom is 0.322 e. The van der Waals surface area contributed by atoms with Gasteiger partial charge in [-0.3, -0.25) is 19.2 Å². The van der Waals surface area contributed by atoms with E-state index in [9.17, 15) is 19.2 Å². The molecule has 0 spiro atoms. The van der Waals surface area contributed by atoms with Gasteiger partial charge in [0.2, 0.25) is 17.7 Å². The number of nitrogens with one attached hydrogen (secondary N) is 2. The van der Waals surface area contributed by atoms with E-state index >= 15 is 0 Å². The van der Waals surface area contributed by atoms with Gasteiger partial charge in [0.1, 0.15) is 18.6 Å². The summed E-state index contributed by atoms with van der Waals surface area (Å²) in [6.07, 6.45) is 2.11. The topological polar surface area (TPSA) is 142 Å². The highest BCUT2D eigenvalue weighted by Gasteiger charge is 2.38. The molecule has 1 aromatic carbocycles. The van der Waals surface area contributed by atoms with Gasteiger partial charge in [-0.05, 0) is 24.3 Å². The van der Waals surface area contributed by atoms with Gasteiger partial charge < -0.3 is 26.4 Å². The quantitative estimate of drug-likeness (QED) is 0.418. The molecule has 9 nitrogen and oxygen atoms in total. The van der Waals surface area contributed by atoms with Crippen LogP contribution in [0, 0.1) is 5.92 Å². The van der Waals surface area contributed by atoms with Crippen molar-refractivity contribution in [2.45, 2.75) is 57.7 Å². The van der Waals surface area contributed by atoms with E-state index < -0.39 is 42.5 Å². The first-order valence-corrected chi connectivity index (χ1v) is 10.6. The van der Waals surface area contributed by atoms with Crippen molar-refractivity contribution < 1.29 is 24.3 Å². The van der Waals surface area contributed by atoms with Crippen molar-refractivity contribution in [3.8, 4) is 0 Å². The fourth-order valence-electron chi connectivity index (χ4n) is 3.60. The number of likely N-dealkylation sites (tertiary alicyclic amines) is 1. The van der Waals surface area contributed by atoms with E-state index in [1.54, 1.807) is 0 Å². The molecule has 0 aromatic heterocycles. The van der Waals surface area contributed by atoms with Crippen LogP contribution in [0.2, 0.25) is 0 Å². The largest absolute Gasteiger partial charge is 0.480 e. The van der Waals surface area contributed by atoms with Crippen LogP contribution in [0.4, 0.5) is 0 Å². The standard InChI is InChI=1S/C22H32N4O5/c1-3-14(2)19(23)22(31)26-11-7-10-17(26)21(30)25-16(20(29)24-13-18(27)28)12-15-8-5-4-6-9-15/h4-6,8-9,14,16-17,19H,3,7,10-13,23H2,1-2H3,(H,24,29)(H,25,30)(H,27,28). The second-order valence-corrected chi connectivity index (χ2v) is 7.96. The minimum atomic E-state index is -1.18. The number of rotatable bonds is 10. The van der Waals surface area contributed by atoms with E-state index in [1.807, 2.05) is 44.2 Å². The van der Waals surface area contributed by atoms with Crippen molar-refractivity contribution in [3.63, 3.8) is 0 Å². The van der Waals surface area contributed by atoms with E-state index in [2.05, 4.69) is 10.6 Å². The average molecular weight is 433 g/mol. The molecule has 1 aromatic rings. The number of carbonyl (C=O) groups excluding carboxylic acids is 3. The van der Waals surface area contributed by atoms with Gasteiger partial charge in [-0.25, -0.2) is 0 Å². The fourth-order valence-corrected chi connectivity index (χ4v) is 3.60. The van der Waals surface area contributed by atoms with E-state index in [0.717, 1.165) is 12.0 Å². The van der Waals surface area contributed by atoms with E-state index in [4.69, 9.17) is 10.8 Å². The third kappa shape index (κ3) is 6.78. The van der Waals surface area contributed by atoms with E-state index in [0.29, 0.717) is 19.4 Å². The molecule has 1 saturated heterocycles. The normalized spacial score (nSPS) is 18.7. The van der Waals surface area contributed by atoms with Crippen LogP contribution in [-0.2, 0) is 25.6 Å². The number of nitrogens with zero attached hydrogens (tertiary/aromatic N) is 1. The molecule has 0 saturated carbocycles. The molecule has 0 radical (unpaired) electrons. The van der Waals surface area contributed by atoms with Gasteiger partial charge in [-0.2, -0.15) is 0 Å². The summed E-state index contributed by atoms with van der Waals surface area (Å²) in [4.78, 5) is 50.7. The zero-order valence-corrected chi connectivity index (χ0v) is 18.0.